The maximum atomic E-state index is 4.09. The van der Waals surface area contributed by atoms with Crippen LogP contribution in [-0.4, -0.2) is 0 Å². The van der Waals surface area contributed by atoms with Crippen molar-refractivity contribution in [1.29, 1.82) is 0 Å². The molecule has 180 valence electrons. The van der Waals surface area contributed by atoms with Crippen molar-refractivity contribution in [2.45, 2.75) is 13.8 Å². The molecule has 0 unspecified atom stereocenters. The van der Waals surface area contributed by atoms with Gasteiger partial charge in [-0.3, -0.25) is 0 Å². The fourth-order valence-corrected chi connectivity index (χ4v) is 6.08. The zero-order valence-electron chi connectivity index (χ0n) is 21.8. The first-order valence-corrected chi connectivity index (χ1v) is 13.2. The van der Waals surface area contributed by atoms with Crippen molar-refractivity contribution in [3.63, 3.8) is 0 Å². The SMILES string of the molecule is C=C(C)c1ccc(-c2ccc3c4ccc(-c5ccc(C(=C)C)cc5)c5cccc(c6cccc2c63)c54)cc1. The van der Waals surface area contributed by atoms with Crippen LogP contribution in [0.3, 0.4) is 0 Å². The molecule has 0 nitrogen and oxygen atoms in total. The Balaban J connectivity index is 1.51. The molecule has 0 heterocycles. The van der Waals surface area contributed by atoms with Gasteiger partial charge in [-0.2, -0.15) is 0 Å². The van der Waals surface area contributed by atoms with E-state index in [0.717, 1.165) is 11.1 Å². The average Bonchev–Trinajstić information content (AvgIpc) is 2.95. The number of allylic oxidation sites excluding steroid dienone is 2. The Morgan fingerprint density at radius 2 is 0.737 bits per heavy atom. The lowest BCUT2D eigenvalue weighted by Gasteiger charge is -2.18. The summed E-state index contributed by atoms with van der Waals surface area (Å²) in [4.78, 5) is 0. The molecular weight excluding hydrogens is 456 g/mol. The highest BCUT2D eigenvalue weighted by Gasteiger charge is 2.17. The summed E-state index contributed by atoms with van der Waals surface area (Å²) in [7, 11) is 0. The highest BCUT2D eigenvalue weighted by atomic mass is 14.2. The highest BCUT2D eigenvalue weighted by molar-refractivity contribution is 6.35. The van der Waals surface area contributed by atoms with E-state index in [4.69, 9.17) is 0 Å². The summed E-state index contributed by atoms with van der Waals surface area (Å²) in [6, 6.07) is 40.3. The van der Waals surface area contributed by atoms with Crippen LogP contribution in [0.25, 0.3) is 76.5 Å². The zero-order valence-corrected chi connectivity index (χ0v) is 21.8. The summed E-state index contributed by atoms with van der Waals surface area (Å²) in [5.41, 5.74) is 9.54. The van der Waals surface area contributed by atoms with E-state index in [1.165, 1.54) is 76.5 Å². The van der Waals surface area contributed by atoms with Gasteiger partial charge < -0.3 is 0 Å². The lowest BCUT2D eigenvalue weighted by atomic mass is 9.85. The minimum Gasteiger partial charge on any atom is -0.0955 e. The molecule has 7 aromatic rings. The normalized spacial score (nSPS) is 11.6. The van der Waals surface area contributed by atoms with Crippen LogP contribution in [-0.2, 0) is 0 Å². The molecule has 0 radical (unpaired) electrons. The topological polar surface area (TPSA) is 0 Å². The second-order valence-corrected chi connectivity index (χ2v) is 10.5. The first-order valence-electron chi connectivity index (χ1n) is 13.2. The van der Waals surface area contributed by atoms with Crippen LogP contribution in [0, 0.1) is 0 Å². The zero-order chi connectivity index (χ0) is 26.0. The predicted molar refractivity (Wildman–Crippen MR) is 168 cm³/mol. The lowest BCUT2D eigenvalue weighted by Crippen LogP contribution is -1.91. The Labute approximate surface area is 223 Å². The molecule has 0 heteroatoms. The van der Waals surface area contributed by atoms with Crippen molar-refractivity contribution in [3.05, 3.63) is 133 Å². The van der Waals surface area contributed by atoms with Crippen LogP contribution in [0.15, 0.2) is 122 Å². The second kappa shape index (κ2) is 8.43. The van der Waals surface area contributed by atoms with Crippen LogP contribution in [0.4, 0.5) is 0 Å². The van der Waals surface area contributed by atoms with Gasteiger partial charge in [-0.05, 0) is 90.3 Å². The van der Waals surface area contributed by atoms with Crippen LogP contribution >= 0.6 is 0 Å². The van der Waals surface area contributed by atoms with E-state index in [-0.39, 0.29) is 0 Å². The first-order chi connectivity index (χ1) is 18.5. The molecule has 0 atom stereocenters. The molecule has 0 fully saturated rings. The number of benzene rings is 7. The first kappa shape index (κ1) is 22.5. The average molecular weight is 485 g/mol. The van der Waals surface area contributed by atoms with E-state index in [2.05, 4.69) is 136 Å². The van der Waals surface area contributed by atoms with Crippen LogP contribution in [0.5, 0.6) is 0 Å². The largest absolute Gasteiger partial charge is 0.0955 e. The Bertz CT molecular complexity index is 1860. The molecular formula is C38H28. The minimum absolute atomic E-state index is 1.09. The third-order valence-corrected chi connectivity index (χ3v) is 8.04. The molecule has 7 rings (SSSR count). The van der Waals surface area contributed by atoms with Crippen molar-refractivity contribution in [2.75, 3.05) is 0 Å². The molecule has 0 amide bonds. The van der Waals surface area contributed by atoms with Gasteiger partial charge in [-0.1, -0.05) is 133 Å². The molecule has 0 spiro atoms. The number of fused-ring (bicyclic) bond motifs is 2. The van der Waals surface area contributed by atoms with Gasteiger partial charge in [0, 0.05) is 0 Å². The smallest absolute Gasteiger partial charge is 0.00201 e. The molecule has 0 bridgehead atoms. The Hall–Kier alpha value is -4.68. The van der Waals surface area contributed by atoms with Gasteiger partial charge in [0.2, 0.25) is 0 Å². The fraction of sp³-hybridized carbons (Fsp3) is 0.0526. The number of rotatable bonds is 4. The maximum Gasteiger partial charge on any atom is -0.00201 e. The lowest BCUT2D eigenvalue weighted by molar-refractivity contribution is 1.57. The van der Waals surface area contributed by atoms with E-state index in [1.807, 2.05) is 0 Å². The van der Waals surface area contributed by atoms with E-state index in [1.54, 1.807) is 0 Å². The van der Waals surface area contributed by atoms with E-state index >= 15 is 0 Å². The van der Waals surface area contributed by atoms with Crippen molar-refractivity contribution >= 4 is 54.2 Å². The van der Waals surface area contributed by atoms with Crippen molar-refractivity contribution in [2.24, 2.45) is 0 Å². The second-order valence-electron chi connectivity index (χ2n) is 10.5. The molecule has 0 aromatic heterocycles. The highest BCUT2D eigenvalue weighted by Crippen LogP contribution is 2.45. The summed E-state index contributed by atoms with van der Waals surface area (Å²) < 4.78 is 0. The Kier molecular flexibility index (Phi) is 5.00. The van der Waals surface area contributed by atoms with Gasteiger partial charge in [0.05, 0.1) is 0 Å². The minimum atomic E-state index is 1.09. The Morgan fingerprint density at radius 3 is 1.11 bits per heavy atom. The van der Waals surface area contributed by atoms with Crippen LogP contribution in [0.1, 0.15) is 25.0 Å². The summed E-state index contributed by atoms with van der Waals surface area (Å²) in [5.74, 6) is 0. The van der Waals surface area contributed by atoms with E-state index < -0.39 is 0 Å². The van der Waals surface area contributed by atoms with Crippen LogP contribution in [0.2, 0.25) is 0 Å². The molecule has 0 aliphatic carbocycles. The van der Waals surface area contributed by atoms with Gasteiger partial charge in [-0.15, -0.1) is 0 Å². The quantitative estimate of drug-likeness (QED) is 0.172. The molecule has 38 heavy (non-hydrogen) atoms. The summed E-state index contributed by atoms with van der Waals surface area (Å²) in [5, 5.41) is 10.5. The van der Waals surface area contributed by atoms with Gasteiger partial charge in [0.25, 0.3) is 0 Å². The van der Waals surface area contributed by atoms with Gasteiger partial charge in [0.15, 0.2) is 0 Å². The van der Waals surface area contributed by atoms with Gasteiger partial charge >= 0.3 is 0 Å². The van der Waals surface area contributed by atoms with E-state index in [9.17, 15) is 0 Å². The third kappa shape index (κ3) is 3.31. The van der Waals surface area contributed by atoms with Crippen molar-refractivity contribution in [1.82, 2.24) is 0 Å². The molecule has 0 N–H and O–H groups in total. The Morgan fingerprint density at radius 1 is 0.395 bits per heavy atom. The molecule has 0 aliphatic rings. The molecule has 7 aromatic carbocycles. The monoisotopic (exact) mass is 484 g/mol. The predicted octanol–water partition coefficient (Wildman–Crippen LogP) is 11.1. The summed E-state index contributed by atoms with van der Waals surface area (Å²) in [6.07, 6.45) is 0. The fourth-order valence-electron chi connectivity index (χ4n) is 6.08. The maximum absolute atomic E-state index is 4.09. The standard InChI is InChI=1S/C38H28/c1-23(2)25-11-15-27(16-12-25)29-19-21-35-36-22-20-30(28-17-13-26(14-18-28)24(3)4)32-8-6-10-34(38(32)36)33-9-5-7-31(29)37(33)35/h5-22H,1,3H2,2,4H3. The van der Waals surface area contributed by atoms with Gasteiger partial charge in [0.1, 0.15) is 0 Å². The van der Waals surface area contributed by atoms with Crippen LogP contribution < -0.4 is 0 Å². The molecule has 0 aliphatic heterocycles. The summed E-state index contributed by atoms with van der Waals surface area (Å²) >= 11 is 0. The number of hydrogen-bond donors (Lipinski definition) is 0. The third-order valence-electron chi connectivity index (χ3n) is 8.04. The van der Waals surface area contributed by atoms with Crippen molar-refractivity contribution in [3.8, 4) is 22.3 Å². The molecule has 0 saturated carbocycles. The molecule has 0 saturated heterocycles. The summed E-state index contributed by atoms with van der Waals surface area (Å²) in [6.45, 7) is 12.3. The van der Waals surface area contributed by atoms with Crippen molar-refractivity contribution < 1.29 is 0 Å². The van der Waals surface area contributed by atoms with E-state index in [0.29, 0.717) is 0 Å². The number of hydrogen-bond acceptors (Lipinski definition) is 0. The van der Waals surface area contributed by atoms with Gasteiger partial charge in [-0.25, -0.2) is 0 Å².